The predicted molar refractivity (Wildman–Crippen MR) is 88.1 cm³/mol. The topological polar surface area (TPSA) is 38.0 Å². The molecule has 0 atom stereocenters. The molecule has 0 radical (unpaired) electrons. The SMILES string of the molecule is Nc1cc(Cl)c(Cl)cc1Nc1ccc2ccccc2c1. The number of nitrogens with one attached hydrogen (secondary N) is 1. The number of nitrogen functional groups attached to an aromatic ring is 1. The van der Waals surface area contributed by atoms with Gasteiger partial charge in [-0.2, -0.15) is 0 Å². The fraction of sp³-hybridized carbons (Fsp3) is 0. The van der Waals surface area contributed by atoms with E-state index in [1.807, 2.05) is 18.2 Å². The summed E-state index contributed by atoms with van der Waals surface area (Å²) in [7, 11) is 0. The van der Waals surface area contributed by atoms with Gasteiger partial charge in [0, 0.05) is 5.69 Å². The highest BCUT2D eigenvalue weighted by molar-refractivity contribution is 6.42. The minimum Gasteiger partial charge on any atom is -0.397 e. The summed E-state index contributed by atoms with van der Waals surface area (Å²) in [5.41, 5.74) is 8.21. The van der Waals surface area contributed by atoms with Crippen LogP contribution in [0.1, 0.15) is 0 Å². The normalized spacial score (nSPS) is 10.7. The van der Waals surface area contributed by atoms with Crippen LogP contribution in [0, 0.1) is 0 Å². The number of anilines is 3. The Balaban J connectivity index is 1.99. The third kappa shape index (κ3) is 2.53. The predicted octanol–water partition coefficient (Wildman–Crippen LogP) is 5.47. The van der Waals surface area contributed by atoms with Crippen LogP contribution in [0.15, 0.2) is 54.6 Å². The molecule has 2 nitrogen and oxygen atoms in total. The number of hydrogen-bond donors (Lipinski definition) is 2. The summed E-state index contributed by atoms with van der Waals surface area (Å²) in [6, 6.07) is 17.7. The van der Waals surface area contributed by atoms with E-state index in [1.54, 1.807) is 12.1 Å². The summed E-state index contributed by atoms with van der Waals surface area (Å²) in [5, 5.41) is 6.55. The Kier molecular flexibility index (Phi) is 3.43. The van der Waals surface area contributed by atoms with Crippen molar-refractivity contribution in [2.24, 2.45) is 0 Å². The quantitative estimate of drug-likeness (QED) is 0.616. The maximum absolute atomic E-state index is 6.02. The minimum absolute atomic E-state index is 0.452. The van der Waals surface area contributed by atoms with Crippen molar-refractivity contribution in [3.8, 4) is 0 Å². The zero-order valence-corrected chi connectivity index (χ0v) is 12.0. The lowest BCUT2D eigenvalue weighted by atomic mass is 10.1. The first-order chi connectivity index (χ1) is 9.63. The van der Waals surface area contributed by atoms with Crippen LogP contribution in [-0.2, 0) is 0 Å². The molecule has 100 valence electrons. The second-order valence-electron chi connectivity index (χ2n) is 4.54. The molecule has 0 bridgehead atoms. The third-order valence-corrected chi connectivity index (χ3v) is 3.84. The molecule has 20 heavy (non-hydrogen) atoms. The van der Waals surface area contributed by atoms with Gasteiger partial charge in [-0.1, -0.05) is 53.5 Å². The largest absolute Gasteiger partial charge is 0.397 e. The summed E-state index contributed by atoms with van der Waals surface area (Å²) in [5.74, 6) is 0. The Morgan fingerprint density at radius 1 is 0.800 bits per heavy atom. The van der Waals surface area contributed by atoms with Gasteiger partial charge in [-0.15, -0.1) is 0 Å². The van der Waals surface area contributed by atoms with Crippen molar-refractivity contribution in [1.82, 2.24) is 0 Å². The van der Waals surface area contributed by atoms with Crippen molar-refractivity contribution >= 4 is 51.0 Å². The number of fused-ring (bicyclic) bond motifs is 1. The molecule has 0 fully saturated rings. The molecule has 0 heterocycles. The van der Waals surface area contributed by atoms with Crippen molar-refractivity contribution in [3.05, 3.63) is 64.6 Å². The molecule has 3 N–H and O–H groups in total. The molecule has 0 aromatic heterocycles. The highest BCUT2D eigenvalue weighted by Gasteiger charge is 2.05. The van der Waals surface area contributed by atoms with E-state index in [-0.39, 0.29) is 0 Å². The van der Waals surface area contributed by atoms with Crippen LogP contribution in [0.4, 0.5) is 17.1 Å². The first-order valence-electron chi connectivity index (χ1n) is 6.14. The van der Waals surface area contributed by atoms with Gasteiger partial charge < -0.3 is 11.1 Å². The van der Waals surface area contributed by atoms with Gasteiger partial charge in [-0.05, 0) is 35.0 Å². The average molecular weight is 303 g/mol. The lowest BCUT2D eigenvalue weighted by Gasteiger charge is -2.11. The maximum atomic E-state index is 6.02. The number of hydrogen-bond acceptors (Lipinski definition) is 2. The van der Waals surface area contributed by atoms with Crippen molar-refractivity contribution in [3.63, 3.8) is 0 Å². The molecule has 0 saturated carbocycles. The van der Waals surface area contributed by atoms with Gasteiger partial charge in [0.1, 0.15) is 0 Å². The Labute approximate surface area is 127 Å². The number of rotatable bonds is 2. The van der Waals surface area contributed by atoms with Crippen molar-refractivity contribution in [2.45, 2.75) is 0 Å². The second-order valence-corrected chi connectivity index (χ2v) is 5.35. The molecule has 0 aliphatic heterocycles. The zero-order chi connectivity index (χ0) is 14.1. The lowest BCUT2D eigenvalue weighted by molar-refractivity contribution is 1.56. The second kappa shape index (κ2) is 5.23. The molecule has 0 saturated heterocycles. The Morgan fingerprint density at radius 2 is 1.50 bits per heavy atom. The number of benzene rings is 3. The van der Waals surface area contributed by atoms with E-state index < -0.39 is 0 Å². The molecule has 3 aromatic carbocycles. The Bertz CT molecular complexity index is 785. The van der Waals surface area contributed by atoms with Crippen LogP contribution in [0.2, 0.25) is 10.0 Å². The average Bonchev–Trinajstić information content (AvgIpc) is 2.44. The van der Waals surface area contributed by atoms with Gasteiger partial charge in [-0.25, -0.2) is 0 Å². The van der Waals surface area contributed by atoms with Gasteiger partial charge in [0.05, 0.1) is 21.4 Å². The molecule has 0 amide bonds. The molecular weight excluding hydrogens is 291 g/mol. The number of nitrogens with two attached hydrogens (primary N) is 1. The van der Waals surface area contributed by atoms with Gasteiger partial charge in [0.15, 0.2) is 0 Å². The summed E-state index contributed by atoms with van der Waals surface area (Å²) in [6.45, 7) is 0. The Morgan fingerprint density at radius 3 is 2.30 bits per heavy atom. The minimum atomic E-state index is 0.452. The van der Waals surface area contributed by atoms with Gasteiger partial charge in [-0.3, -0.25) is 0 Å². The van der Waals surface area contributed by atoms with Crippen molar-refractivity contribution in [1.29, 1.82) is 0 Å². The van der Waals surface area contributed by atoms with E-state index in [9.17, 15) is 0 Å². The molecular formula is C16H12Cl2N2. The highest BCUT2D eigenvalue weighted by Crippen LogP contribution is 2.33. The third-order valence-electron chi connectivity index (χ3n) is 3.12. The van der Waals surface area contributed by atoms with Crippen LogP contribution in [0.3, 0.4) is 0 Å². The highest BCUT2D eigenvalue weighted by atomic mass is 35.5. The monoisotopic (exact) mass is 302 g/mol. The maximum Gasteiger partial charge on any atom is 0.0633 e. The molecule has 0 unspecified atom stereocenters. The van der Waals surface area contributed by atoms with E-state index >= 15 is 0 Å². The van der Waals surface area contributed by atoms with Crippen molar-refractivity contribution in [2.75, 3.05) is 11.1 Å². The van der Waals surface area contributed by atoms with Crippen LogP contribution >= 0.6 is 23.2 Å². The molecule has 0 aliphatic rings. The lowest BCUT2D eigenvalue weighted by Crippen LogP contribution is -1.96. The van der Waals surface area contributed by atoms with Crippen LogP contribution < -0.4 is 11.1 Å². The fourth-order valence-electron chi connectivity index (χ4n) is 2.09. The summed E-state index contributed by atoms with van der Waals surface area (Å²) < 4.78 is 0. The molecule has 0 spiro atoms. The van der Waals surface area contributed by atoms with Crippen molar-refractivity contribution < 1.29 is 0 Å². The van der Waals surface area contributed by atoms with E-state index in [0.29, 0.717) is 15.7 Å². The molecule has 3 rings (SSSR count). The van der Waals surface area contributed by atoms with Crippen LogP contribution in [-0.4, -0.2) is 0 Å². The smallest absolute Gasteiger partial charge is 0.0633 e. The number of halogens is 2. The van der Waals surface area contributed by atoms with Gasteiger partial charge in [0.25, 0.3) is 0 Å². The summed E-state index contributed by atoms with van der Waals surface area (Å²) in [6.07, 6.45) is 0. The van der Waals surface area contributed by atoms with E-state index in [0.717, 1.165) is 16.8 Å². The van der Waals surface area contributed by atoms with Gasteiger partial charge >= 0.3 is 0 Å². The van der Waals surface area contributed by atoms with E-state index in [2.05, 4.69) is 29.6 Å². The molecule has 0 aliphatic carbocycles. The Hall–Kier alpha value is -1.90. The molecule has 3 aromatic rings. The van der Waals surface area contributed by atoms with E-state index in [1.165, 1.54) is 5.39 Å². The summed E-state index contributed by atoms with van der Waals surface area (Å²) >= 11 is 11.9. The first kappa shape index (κ1) is 13.1. The fourth-order valence-corrected chi connectivity index (χ4v) is 2.43. The molecule has 4 heteroatoms. The van der Waals surface area contributed by atoms with E-state index in [4.69, 9.17) is 28.9 Å². The van der Waals surface area contributed by atoms with Crippen LogP contribution in [0.5, 0.6) is 0 Å². The first-order valence-corrected chi connectivity index (χ1v) is 6.89. The van der Waals surface area contributed by atoms with Gasteiger partial charge in [0.2, 0.25) is 0 Å². The zero-order valence-electron chi connectivity index (χ0n) is 10.5. The summed E-state index contributed by atoms with van der Waals surface area (Å²) in [4.78, 5) is 0. The standard InChI is InChI=1S/C16H12Cl2N2/c17-13-8-15(19)16(9-14(13)18)20-12-6-5-10-3-1-2-4-11(10)7-12/h1-9,20H,19H2. The van der Waals surface area contributed by atoms with Crippen LogP contribution in [0.25, 0.3) is 10.8 Å².